The molecule has 112 valence electrons. The van der Waals surface area contributed by atoms with Crippen LogP contribution in [0.4, 0.5) is 5.69 Å². The molecule has 21 heavy (non-hydrogen) atoms. The summed E-state index contributed by atoms with van der Waals surface area (Å²) < 4.78 is 0. The highest BCUT2D eigenvalue weighted by atomic mass is 32.2. The number of amides is 2. The number of hydrogen-bond donors (Lipinski definition) is 1. The van der Waals surface area contributed by atoms with E-state index in [2.05, 4.69) is 12.2 Å². The number of carbonyl (C=O) groups is 2. The maximum Gasteiger partial charge on any atom is 0.248 e. The average Bonchev–Trinajstić information content (AvgIpc) is 2.92. The molecule has 1 aromatic rings. The van der Waals surface area contributed by atoms with Crippen molar-refractivity contribution in [3.63, 3.8) is 0 Å². The van der Waals surface area contributed by atoms with Crippen LogP contribution >= 0.6 is 11.8 Å². The topological polar surface area (TPSA) is 49.4 Å². The number of thioether (sulfide) groups is 1. The summed E-state index contributed by atoms with van der Waals surface area (Å²) in [5.41, 5.74) is 3.06. The zero-order valence-corrected chi connectivity index (χ0v) is 13.4. The Bertz CT molecular complexity index is 616. The summed E-state index contributed by atoms with van der Waals surface area (Å²) >= 11 is 1.72. The van der Waals surface area contributed by atoms with E-state index in [0.717, 1.165) is 23.2 Å². The molecule has 4 nitrogen and oxygen atoms in total. The van der Waals surface area contributed by atoms with Gasteiger partial charge in [-0.25, -0.2) is 0 Å². The first-order chi connectivity index (χ1) is 9.92. The van der Waals surface area contributed by atoms with E-state index < -0.39 is 0 Å². The highest BCUT2D eigenvalue weighted by Crippen LogP contribution is 2.47. The molecular formula is C16H20N2O2S. The van der Waals surface area contributed by atoms with Crippen molar-refractivity contribution in [2.24, 2.45) is 0 Å². The van der Waals surface area contributed by atoms with Crippen molar-refractivity contribution >= 4 is 29.3 Å². The van der Waals surface area contributed by atoms with Gasteiger partial charge in [0, 0.05) is 17.9 Å². The van der Waals surface area contributed by atoms with Gasteiger partial charge in [-0.2, -0.15) is 0 Å². The third-order valence-corrected chi connectivity index (χ3v) is 6.12. The predicted molar refractivity (Wildman–Crippen MR) is 85.3 cm³/mol. The van der Waals surface area contributed by atoms with Gasteiger partial charge in [-0.3, -0.25) is 9.59 Å². The van der Waals surface area contributed by atoms with Gasteiger partial charge in [-0.15, -0.1) is 11.8 Å². The smallest absolute Gasteiger partial charge is 0.248 e. The third kappa shape index (κ3) is 2.33. The Morgan fingerprint density at radius 1 is 1.43 bits per heavy atom. The van der Waals surface area contributed by atoms with Gasteiger partial charge < -0.3 is 10.2 Å². The Hall–Kier alpha value is -1.49. The molecule has 0 bridgehead atoms. The minimum absolute atomic E-state index is 0.0739. The van der Waals surface area contributed by atoms with Gasteiger partial charge in [0.15, 0.2) is 0 Å². The van der Waals surface area contributed by atoms with Crippen LogP contribution < -0.4 is 5.32 Å². The quantitative estimate of drug-likeness (QED) is 0.914. The van der Waals surface area contributed by atoms with Crippen LogP contribution in [0.3, 0.4) is 0 Å². The minimum atomic E-state index is -0.352. The first kappa shape index (κ1) is 14.4. The minimum Gasteiger partial charge on any atom is -0.324 e. The summed E-state index contributed by atoms with van der Waals surface area (Å²) in [7, 11) is 0. The van der Waals surface area contributed by atoms with E-state index in [-0.39, 0.29) is 22.7 Å². The van der Waals surface area contributed by atoms with Gasteiger partial charge in [0.25, 0.3) is 0 Å². The van der Waals surface area contributed by atoms with Gasteiger partial charge in [-0.1, -0.05) is 12.1 Å². The maximum atomic E-state index is 12.6. The fraction of sp³-hybridized carbons (Fsp3) is 0.500. The van der Waals surface area contributed by atoms with Gasteiger partial charge in [0.2, 0.25) is 11.8 Å². The van der Waals surface area contributed by atoms with Crippen molar-refractivity contribution in [3.05, 3.63) is 29.3 Å². The molecule has 0 radical (unpaired) electrons. The van der Waals surface area contributed by atoms with E-state index in [4.69, 9.17) is 0 Å². The van der Waals surface area contributed by atoms with Crippen LogP contribution in [0.25, 0.3) is 0 Å². The summed E-state index contributed by atoms with van der Waals surface area (Å²) in [6.07, 6.45) is 1.39. The lowest BCUT2D eigenvalue weighted by molar-refractivity contribution is -0.135. The Kier molecular flexibility index (Phi) is 3.48. The molecule has 2 aliphatic heterocycles. The molecule has 2 fully saturated rings. The number of aryl methyl sites for hydroxylation is 1. The van der Waals surface area contributed by atoms with Crippen LogP contribution in [0.1, 0.15) is 30.9 Å². The molecule has 0 saturated carbocycles. The molecule has 2 saturated heterocycles. The number of hydrogen-bond acceptors (Lipinski definition) is 3. The zero-order chi connectivity index (χ0) is 15.2. The van der Waals surface area contributed by atoms with Crippen molar-refractivity contribution in [1.82, 2.24) is 4.90 Å². The normalized spacial score (nSPS) is 27.9. The van der Waals surface area contributed by atoms with E-state index in [1.807, 2.05) is 32.0 Å². The van der Waals surface area contributed by atoms with Gasteiger partial charge >= 0.3 is 0 Å². The Labute approximate surface area is 129 Å². The second-order valence-electron chi connectivity index (χ2n) is 6.00. The number of carbonyl (C=O) groups excluding carboxylic acids is 2. The summed E-state index contributed by atoms with van der Waals surface area (Å²) in [4.78, 5) is 26.3. The molecule has 2 amide bonds. The number of benzene rings is 1. The monoisotopic (exact) mass is 304 g/mol. The molecule has 1 aromatic carbocycles. The molecule has 2 heterocycles. The molecule has 2 aliphatic rings. The summed E-state index contributed by atoms with van der Waals surface area (Å²) in [6.45, 7) is 6.09. The molecule has 0 unspecified atom stereocenters. The molecule has 0 aromatic heterocycles. The molecule has 0 aliphatic carbocycles. The second kappa shape index (κ2) is 5.05. The van der Waals surface area contributed by atoms with Crippen LogP contribution in [0, 0.1) is 13.8 Å². The fourth-order valence-electron chi connectivity index (χ4n) is 3.12. The van der Waals surface area contributed by atoms with E-state index in [1.165, 1.54) is 0 Å². The number of nitrogens with one attached hydrogen (secondary N) is 1. The van der Waals surface area contributed by atoms with Crippen LogP contribution in [-0.2, 0) is 9.59 Å². The summed E-state index contributed by atoms with van der Waals surface area (Å²) in [5.74, 6) is 0.706. The number of rotatable bonds is 2. The second-order valence-corrected chi connectivity index (χ2v) is 7.50. The molecular weight excluding hydrogens is 284 g/mol. The van der Waals surface area contributed by atoms with Gasteiger partial charge in [0.1, 0.15) is 6.04 Å². The fourth-order valence-corrected chi connectivity index (χ4v) is 4.55. The maximum absolute atomic E-state index is 12.6. The SMILES string of the molecule is Cc1cccc(NC(=O)[C@H]2CS[C@]3(C)CCC(=O)N23)c1C. The van der Waals surface area contributed by atoms with E-state index in [0.29, 0.717) is 12.2 Å². The number of fused-ring (bicyclic) bond motifs is 1. The highest BCUT2D eigenvalue weighted by Gasteiger charge is 2.52. The highest BCUT2D eigenvalue weighted by molar-refractivity contribution is 8.01. The van der Waals surface area contributed by atoms with Crippen molar-refractivity contribution in [1.29, 1.82) is 0 Å². The largest absolute Gasteiger partial charge is 0.324 e. The number of anilines is 1. The molecule has 0 spiro atoms. The van der Waals surface area contributed by atoms with Crippen LogP contribution in [0.15, 0.2) is 18.2 Å². The summed E-state index contributed by atoms with van der Waals surface area (Å²) in [6, 6.07) is 5.52. The lowest BCUT2D eigenvalue weighted by atomic mass is 10.1. The number of nitrogens with zero attached hydrogens (tertiary/aromatic N) is 1. The molecule has 2 atom stereocenters. The first-order valence-electron chi connectivity index (χ1n) is 7.25. The van der Waals surface area contributed by atoms with Crippen molar-refractivity contribution in [3.8, 4) is 0 Å². The standard InChI is InChI=1S/C16H20N2O2S/c1-10-5-4-6-12(11(10)2)17-15(20)13-9-21-16(3)8-7-14(19)18(13)16/h4-6,13H,7-9H2,1-3H3,(H,17,20)/t13-,16-/m1/s1. The average molecular weight is 304 g/mol. The summed E-state index contributed by atoms with van der Waals surface area (Å²) in [5, 5.41) is 3.00. The van der Waals surface area contributed by atoms with Crippen molar-refractivity contribution in [2.45, 2.75) is 44.5 Å². The van der Waals surface area contributed by atoms with Crippen molar-refractivity contribution in [2.75, 3.05) is 11.1 Å². The zero-order valence-electron chi connectivity index (χ0n) is 12.6. The van der Waals surface area contributed by atoms with Crippen LogP contribution in [0.2, 0.25) is 0 Å². The van der Waals surface area contributed by atoms with E-state index in [9.17, 15) is 9.59 Å². The Balaban J connectivity index is 1.80. The predicted octanol–water partition coefficient (Wildman–Crippen LogP) is 2.70. The molecule has 5 heteroatoms. The Morgan fingerprint density at radius 2 is 2.19 bits per heavy atom. The molecule has 3 rings (SSSR count). The third-order valence-electron chi connectivity index (χ3n) is 4.61. The lowest BCUT2D eigenvalue weighted by Crippen LogP contribution is -2.48. The van der Waals surface area contributed by atoms with Gasteiger partial charge in [0.05, 0.1) is 4.87 Å². The van der Waals surface area contributed by atoms with Gasteiger partial charge in [-0.05, 0) is 44.4 Å². The Morgan fingerprint density at radius 3 is 2.95 bits per heavy atom. The van der Waals surface area contributed by atoms with E-state index in [1.54, 1.807) is 16.7 Å². The van der Waals surface area contributed by atoms with Crippen molar-refractivity contribution < 1.29 is 9.59 Å². The van der Waals surface area contributed by atoms with E-state index >= 15 is 0 Å². The first-order valence-corrected chi connectivity index (χ1v) is 8.24. The molecule has 1 N–H and O–H groups in total. The lowest BCUT2D eigenvalue weighted by Gasteiger charge is -2.30. The van der Waals surface area contributed by atoms with Crippen LogP contribution in [0.5, 0.6) is 0 Å². The van der Waals surface area contributed by atoms with Crippen LogP contribution in [-0.4, -0.2) is 33.4 Å².